The Morgan fingerprint density at radius 2 is 2.00 bits per heavy atom. The maximum atomic E-state index is 12.7. The minimum Gasteiger partial charge on any atom is -0.342 e. The van der Waals surface area contributed by atoms with Crippen molar-refractivity contribution in [2.24, 2.45) is 23.5 Å². The molecule has 7 heteroatoms. The number of aromatic nitrogens is 1. The van der Waals surface area contributed by atoms with Crippen LogP contribution in [0.2, 0.25) is 5.02 Å². The van der Waals surface area contributed by atoms with Gasteiger partial charge >= 0.3 is 0 Å². The van der Waals surface area contributed by atoms with Crippen LogP contribution >= 0.6 is 11.6 Å². The SMILES string of the molecule is NC[C@H]1CCC[C@H]1C(=O)N1CCC(C(=O)Nc2ccc(Cl)cn2)CC1. The van der Waals surface area contributed by atoms with Gasteiger partial charge in [0.2, 0.25) is 11.8 Å². The van der Waals surface area contributed by atoms with E-state index in [0.717, 1.165) is 19.3 Å². The molecule has 0 bridgehead atoms. The van der Waals surface area contributed by atoms with Gasteiger partial charge in [0.1, 0.15) is 5.82 Å². The second-order valence-electron chi connectivity index (χ2n) is 6.98. The molecule has 0 spiro atoms. The van der Waals surface area contributed by atoms with E-state index in [-0.39, 0.29) is 23.7 Å². The van der Waals surface area contributed by atoms with Gasteiger partial charge in [0.15, 0.2) is 0 Å². The number of nitrogens with one attached hydrogen (secondary N) is 1. The number of hydrogen-bond donors (Lipinski definition) is 2. The van der Waals surface area contributed by atoms with Gasteiger partial charge in [-0.3, -0.25) is 9.59 Å². The van der Waals surface area contributed by atoms with E-state index < -0.39 is 0 Å². The number of pyridine rings is 1. The highest BCUT2D eigenvalue weighted by Gasteiger charge is 2.36. The number of carbonyl (C=O) groups excluding carboxylic acids is 2. The predicted octanol–water partition coefficient (Wildman–Crippen LogP) is 2.29. The molecule has 0 aromatic carbocycles. The van der Waals surface area contributed by atoms with Crippen molar-refractivity contribution in [1.29, 1.82) is 0 Å². The smallest absolute Gasteiger partial charge is 0.228 e. The Labute approximate surface area is 153 Å². The molecule has 0 radical (unpaired) electrons. The molecule has 25 heavy (non-hydrogen) atoms. The minimum absolute atomic E-state index is 0.0392. The first kappa shape index (κ1) is 18.1. The number of nitrogens with two attached hydrogens (primary N) is 1. The zero-order chi connectivity index (χ0) is 17.8. The van der Waals surface area contributed by atoms with Gasteiger partial charge in [-0.05, 0) is 50.3 Å². The Bertz CT molecular complexity index is 614. The maximum Gasteiger partial charge on any atom is 0.228 e. The zero-order valence-electron chi connectivity index (χ0n) is 14.3. The molecule has 1 aromatic rings. The third-order valence-corrected chi connectivity index (χ3v) is 5.66. The predicted molar refractivity (Wildman–Crippen MR) is 97.1 cm³/mol. The van der Waals surface area contributed by atoms with Crippen molar-refractivity contribution in [1.82, 2.24) is 9.88 Å². The van der Waals surface area contributed by atoms with Crippen LogP contribution < -0.4 is 11.1 Å². The highest BCUT2D eigenvalue weighted by molar-refractivity contribution is 6.30. The van der Waals surface area contributed by atoms with E-state index in [4.69, 9.17) is 17.3 Å². The van der Waals surface area contributed by atoms with Gasteiger partial charge in [-0.15, -0.1) is 0 Å². The van der Waals surface area contributed by atoms with Crippen LogP contribution in [0.25, 0.3) is 0 Å². The van der Waals surface area contributed by atoms with Crippen molar-refractivity contribution in [3.63, 3.8) is 0 Å². The summed E-state index contributed by atoms with van der Waals surface area (Å²) in [5.74, 6) is 1.01. The van der Waals surface area contributed by atoms with E-state index in [0.29, 0.717) is 49.2 Å². The molecule has 136 valence electrons. The van der Waals surface area contributed by atoms with Gasteiger partial charge in [-0.25, -0.2) is 4.98 Å². The van der Waals surface area contributed by atoms with Crippen LogP contribution in [0.3, 0.4) is 0 Å². The maximum absolute atomic E-state index is 12.7. The molecule has 0 unspecified atom stereocenters. The average molecular weight is 365 g/mol. The van der Waals surface area contributed by atoms with Gasteiger partial charge in [0.05, 0.1) is 5.02 Å². The van der Waals surface area contributed by atoms with Crippen LogP contribution in [0.4, 0.5) is 5.82 Å². The molecule has 6 nitrogen and oxygen atoms in total. The minimum atomic E-state index is -0.0876. The lowest BCUT2D eigenvalue weighted by atomic mass is 9.91. The molecule has 1 aromatic heterocycles. The van der Waals surface area contributed by atoms with E-state index >= 15 is 0 Å². The van der Waals surface area contributed by atoms with E-state index in [9.17, 15) is 9.59 Å². The average Bonchev–Trinajstić information content (AvgIpc) is 3.12. The zero-order valence-corrected chi connectivity index (χ0v) is 15.0. The van der Waals surface area contributed by atoms with Crippen molar-refractivity contribution in [2.75, 3.05) is 25.0 Å². The summed E-state index contributed by atoms with van der Waals surface area (Å²) in [6, 6.07) is 3.38. The Kier molecular flexibility index (Phi) is 5.91. The fourth-order valence-corrected chi connectivity index (χ4v) is 4.03. The summed E-state index contributed by atoms with van der Waals surface area (Å²) in [6.07, 6.45) is 5.97. The van der Waals surface area contributed by atoms with Crippen LogP contribution in [0, 0.1) is 17.8 Å². The molecule has 3 N–H and O–H groups in total. The summed E-state index contributed by atoms with van der Waals surface area (Å²) in [5.41, 5.74) is 5.80. The summed E-state index contributed by atoms with van der Waals surface area (Å²) >= 11 is 5.80. The Balaban J connectivity index is 1.50. The normalized spacial score (nSPS) is 24.3. The van der Waals surface area contributed by atoms with Crippen molar-refractivity contribution < 1.29 is 9.59 Å². The van der Waals surface area contributed by atoms with Gasteiger partial charge in [0.25, 0.3) is 0 Å². The largest absolute Gasteiger partial charge is 0.342 e. The third-order valence-electron chi connectivity index (χ3n) is 5.44. The molecule has 1 aliphatic heterocycles. The number of carbonyl (C=O) groups is 2. The molecule has 2 aliphatic rings. The monoisotopic (exact) mass is 364 g/mol. The van der Waals surface area contributed by atoms with Gasteiger partial charge in [-0.2, -0.15) is 0 Å². The Morgan fingerprint density at radius 3 is 2.64 bits per heavy atom. The second kappa shape index (κ2) is 8.15. The van der Waals surface area contributed by atoms with Crippen LogP contribution in [-0.2, 0) is 9.59 Å². The van der Waals surface area contributed by atoms with Crippen molar-refractivity contribution >= 4 is 29.2 Å². The fourth-order valence-electron chi connectivity index (χ4n) is 3.92. The first-order valence-corrected chi connectivity index (χ1v) is 9.37. The van der Waals surface area contributed by atoms with E-state index in [1.165, 1.54) is 6.20 Å². The van der Waals surface area contributed by atoms with Gasteiger partial charge in [0, 0.05) is 31.1 Å². The summed E-state index contributed by atoms with van der Waals surface area (Å²) in [5, 5.41) is 3.36. The Hall–Kier alpha value is -1.66. The summed E-state index contributed by atoms with van der Waals surface area (Å²) in [7, 11) is 0. The number of rotatable bonds is 4. The lowest BCUT2D eigenvalue weighted by Crippen LogP contribution is -2.45. The summed E-state index contributed by atoms with van der Waals surface area (Å²) < 4.78 is 0. The fraction of sp³-hybridized carbons (Fsp3) is 0.611. The van der Waals surface area contributed by atoms with E-state index in [1.54, 1.807) is 12.1 Å². The molecule has 1 saturated carbocycles. The van der Waals surface area contributed by atoms with Crippen LogP contribution in [-0.4, -0.2) is 41.3 Å². The first-order valence-electron chi connectivity index (χ1n) is 8.99. The van der Waals surface area contributed by atoms with Gasteiger partial charge < -0.3 is 16.0 Å². The van der Waals surface area contributed by atoms with Crippen LogP contribution in [0.5, 0.6) is 0 Å². The summed E-state index contributed by atoms with van der Waals surface area (Å²) in [6.45, 7) is 1.86. The molecule has 2 amide bonds. The molecular formula is C18H25ClN4O2. The summed E-state index contributed by atoms with van der Waals surface area (Å²) in [4.78, 5) is 31.1. The van der Waals surface area contributed by atoms with Crippen LogP contribution in [0.15, 0.2) is 18.3 Å². The quantitative estimate of drug-likeness (QED) is 0.857. The van der Waals surface area contributed by atoms with E-state index in [2.05, 4.69) is 10.3 Å². The molecule has 2 heterocycles. The topological polar surface area (TPSA) is 88.3 Å². The second-order valence-corrected chi connectivity index (χ2v) is 7.42. The number of nitrogens with zero attached hydrogens (tertiary/aromatic N) is 2. The molecule has 2 fully saturated rings. The Morgan fingerprint density at radius 1 is 1.24 bits per heavy atom. The lowest BCUT2D eigenvalue weighted by molar-refractivity contribution is -0.139. The number of piperidine rings is 1. The van der Waals surface area contributed by atoms with Crippen molar-refractivity contribution in [3.05, 3.63) is 23.4 Å². The molecule has 1 saturated heterocycles. The number of hydrogen-bond acceptors (Lipinski definition) is 4. The standard InChI is InChI=1S/C18H25ClN4O2/c19-14-4-5-16(21-11-14)22-17(24)12-6-8-23(9-7-12)18(25)15-3-1-2-13(15)10-20/h4-5,11-13,15H,1-3,6-10,20H2,(H,21,22,24)/t13-,15-/m1/s1. The highest BCUT2D eigenvalue weighted by Crippen LogP contribution is 2.33. The van der Waals surface area contributed by atoms with Crippen LogP contribution in [0.1, 0.15) is 32.1 Å². The highest BCUT2D eigenvalue weighted by atomic mass is 35.5. The van der Waals surface area contributed by atoms with Crippen molar-refractivity contribution in [3.8, 4) is 0 Å². The molecule has 2 atom stereocenters. The third kappa shape index (κ3) is 4.30. The number of amides is 2. The number of anilines is 1. The van der Waals surface area contributed by atoms with Crippen molar-refractivity contribution in [2.45, 2.75) is 32.1 Å². The molecule has 1 aliphatic carbocycles. The number of likely N-dealkylation sites (tertiary alicyclic amines) is 1. The number of halogens is 1. The molecule has 3 rings (SSSR count). The molecular weight excluding hydrogens is 340 g/mol. The lowest BCUT2D eigenvalue weighted by Gasteiger charge is -2.34. The van der Waals surface area contributed by atoms with Gasteiger partial charge in [-0.1, -0.05) is 18.0 Å². The first-order chi connectivity index (χ1) is 12.1. The van der Waals surface area contributed by atoms with E-state index in [1.807, 2.05) is 4.90 Å².